The summed E-state index contributed by atoms with van der Waals surface area (Å²) < 4.78 is 1.27. The van der Waals surface area contributed by atoms with Crippen molar-refractivity contribution in [2.24, 2.45) is 0 Å². The molecule has 0 radical (unpaired) electrons. The van der Waals surface area contributed by atoms with Crippen molar-refractivity contribution in [2.75, 3.05) is 0 Å². The Morgan fingerprint density at radius 1 is 1.22 bits per heavy atom. The van der Waals surface area contributed by atoms with E-state index in [4.69, 9.17) is 21.8 Å². The largest absolute Gasteiger partial charge is 0.478 e. The summed E-state index contributed by atoms with van der Waals surface area (Å²) in [5, 5.41) is 21.6. The molecule has 2 aromatic rings. The Balaban J connectivity index is 2.47. The van der Waals surface area contributed by atoms with E-state index in [0.717, 1.165) is 0 Å². The molecule has 6 nitrogen and oxygen atoms in total. The highest BCUT2D eigenvalue weighted by molar-refractivity contribution is 6.33. The highest BCUT2D eigenvalue weighted by Crippen LogP contribution is 2.20. The van der Waals surface area contributed by atoms with Crippen LogP contribution in [0.15, 0.2) is 30.6 Å². The minimum absolute atomic E-state index is 0.0156. The van der Waals surface area contributed by atoms with E-state index in [1.54, 1.807) is 6.07 Å². The number of nitrogens with zero attached hydrogens (tertiary/aromatic N) is 2. The second-order valence-electron chi connectivity index (χ2n) is 3.45. The number of benzene rings is 1. The number of carboxylic acid groups (broad SMARTS) is 2. The Bertz CT molecular complexity index is 636. The minimum Gasteiger partial charge on any atom is -0.478 e. The Morgan fingerprint density at radius 3 is 2.50 bits per heavy atom. The molecule has 0 aliphatic heterocycles. The second-order valence-corrected chi connectivity index (χ2v) is 3.86. The van der Waals surface area contributed by atoms with Gasteiger partial charge in [0, 0.05) is 6.20 Å². The van der Waals surface area contributed by atoms with Gasteiger partial charge in [-0.1, -0.05) is 11.6 Å². The minimum atomic E-state index is -1.16. The molecule has 18 heavy (non-hydrogen) atoms. The molecule has 1 aromatic heterocycles. The number of hydrogen-bond acceptors (Lipinski definition) is 3. The molecular weight excluding hydrogens is 260 g/mol. The van der Waals surface area contributed by atoms with Crippen molar-refractivity contribution in [1.82, 2.24) is 9.78 Å². The number of carboxylic acids is 2. The Kier molecular flexibility index (Phi) is 3.03. The number of rotatable bonds is 3. The predicted octanol–water partition coefficient (Wildman–Crippen LogP) is 1.92. The number of aromatic nitrogens is 2. The lowest BCUT2D eigenvalue weighted by Gasteiger charge is -2.04. The molecule has 0 amide bonds. The summed E-state index contributed by atoms with van der Waals surface area (Å²) >= 11 is 5.73. The van der Waals surface area contributed by atoms with Crippen molar-refractivity contribution in [3.63, 3.8) is 0 Å². The fraction of sp³-hybridized carbons (Fsp3) is 0. The molecule has 0 aliphatic rings. The van der Waals surface area contributed by atoms with E-state index in [1.165, 1.54) is 29.2 Å². The van der Waals surface area contributed by atoms with Gasteiger partial charge in [-0.25, -0.2) is 14.3 Å². The van der Waals surface area contributed by atoms with Gasteiger partial charge in [0.2, 0.25) is 0 Å². The summed E-state index contributed by atoms with van der Waals surface area (Å²) in [5.41, 5.74) is 0.368. The van der Waals surface area contributed by atoms with Crippen LogP contribution in [0.3, 0.4) is 0 Å². The molecule has 2 N–H and O–H groups in total. The normalized spacial score (nSPS) is 10.3. The van der Waals surface area contributed by atoms with Gasteiger partial charge in [0.05, 0.1) is 28.0 Å². The lowest BCUT2D eigenvalue weighted by atomic mass is 10.2. The van der Waals surface area contributed by atoms with E-state index in [1.807, 2.05) is 0 Å². The number of hydrogen-bond donors (Lipinski definition) is 2. The first-order valence-corrected chi connectivity index (χ1v) is 5.18. The summed E-state index contributed by atoms with van der Waals surface area (Å²) in [7, 11) is 0. The van der Waals surface area contributed by atoms with Gasteiger partial charge in [0.25, 0.3) is 0 Å². The maximum absolute atomic E-state index is 10.9. The first kappa shape index (κ1) is 12.1. The van der Waals surface area contributed by atoms with Gasteiger partial charge in [-0.3, -0.25) is 0 Å². The summed E-state index contributed by atoms with van der Waals surface area (Å²) in [6.07, 6.45) is 2.47. The van der Waals surface area contributed by atoms with Crippen LogP contribution in [0.25, 0.3) is 5.69 Å². The zero-order valence-electron chi connectivity index (χ0n) is 8.87. The molecule has 0 saturated heterocycles. The third kappa shape index (κ3) is 2.18. The van der Waals surface area contributed by atoms with Crippen LogP contribution >= 0.6 is 11.6 Å². The van der Waals surface area contributed by atoms with Gasteiger partial charge in [0.1, 0.15) is 0 Å². The quantitative estimate of drug-likeness (QED) is 0.885. The number of halogens is 1. The van der Waals surface area contributed by atoms with Gasteiger partial charge >= 0.3 is 11.9 Å². The highest BCUT2D eigenvalue weighted by atomic mass is 35.5. The molecule has 0 spiro atoms. The molecule has 0 bridgehead atoms. The fourth-order valence-electron chi connectivity index (χ4n) is 1.39. The van der Waals surface area contributed by atoms with E-state index in [-0.39, 0.29) is 16.1 Å². The van der Waals surface area contributed by atoms with E-state index in [9.17, 15) is 9.59 Å². The van der Waals surface area contributed by atoms with Crippen LogP contribution in [0.1, 0.15) is 20.7 Å². The molecule has 7 heteroatoms. The molecule has 1 heterocycles. The van der Waals surface area contributed by atoms with E-state index >= 15 is 0 Å². The van der Waals surface area contributed by atoms with Crippen LogP contribution in [0.5, 0.6) is 0 Å². The monoisotopic (exact) mass is 266 g/mol. The number of carbonyl (C=O) groups is 2. The lowest BCUT2D eigenvalue weighted by molar-refractivity contribution is 0.0686. The third-order valence-corrected chi connectivity index (χ3v) is 2.60. The average molecular weight is 267 g/mol. The van der Waals surface area contributed by atoms with Gasteiger partial charge in [-0.15, -0.1) is 0 Å². The van der Waals surface area contributed by atoms with Crippen molar-refractivity contribution < 1.29 is 19.8 Å². The first-order valence-electron chi connectivity index (χ1n) is 4.80. The SMILES string of the molecule is O=C(O)c1cnn(-c2ccc(Cl)c(C(=O)O)c2)c1. The third-order valence-electron chi connectivity index (χ3n) is 2.27. The molecule has 92 valence electrons. The standard InChI is InChI=1S/C11H7ClN2O4/c12-9-2-1-7(3-8(9)11(17)18)14-5-6(4-13-14)10(15)16/h1-5H,(H,15,16)(H,17,18). The van der Waals surface area contributed by atoms with Gasteiger partial charge in [-0.2, -0.15) is 5.10 Å². The Labute approximate surface area is 106 Å². The molecular formula is C11H7ClN2O4. The molecule has 0 fully saturated rings. The fourth-order valence-corrected chi connectivity index (χ4v) is 1.59. The average Bonchev–Trinajstić information content (AvgIpc) is 2.78. The van der Waals surface area contributed by atoms with E-state index in [0.29, 0.717) is 5.69 Å². The maximum atomic E-state index is 10.9. The van der Waals surface area contributed by atoms with Crippen molar-refractivity contribution in [1.29, 1.82) is 0 Å². The van der Waals surface area contributed by atoms with Crippen LogP contribution in [0, 0.1) is 0 Å². The van der Waals surface area contributed by atoms with E-state index in [2.05, 4.69) is 5.10 Å². The van der Waals surface area contributed by atoms with E-state index < -0.39 is 11.9 Å². The maximum Gasteiger partial charge on any atom is 0.338 e. The molecule has 2 rings (SSSR count). The Hall–Kier alpha value is -2.34. The van der Waals surface area contributed by atoms with Crippen molar-refractivity contribution in [2.45, 2.75) is 0 Å². The summed E-state index contributed by atoms with van der Waals surface area (Å²) in [4.78, 5) is 21.6. The molecule has 0 aliphatic carbocycles. The zero-order chi connectivity index (χ0) is 13.3. The van der Waals surface area contributed by atoms with Crippen LogP contribution in [-0.2, 0) is 0 Å². The number of aromatic carboxylic acids is 2. The first-order chi connectivity index (χ1) is 8.49. The van der Waals surface area contributed by atoms with Gasteiger partial charge in [-0.05, 0) is 18.2 Å². The van der Waals surface area contributed by atoms with Crippen LogP contribution in [0.4, 0.5) is 0 Å². The lowest BCUT2D eigenvalue weighted by Crippen LogP contribution is -2.01. The van der Waals surface area contributed by atoms with Crippen molar-refractivity contribution in [3.8, 4) is 5.69 Å². The molecule has 0 saturated carbocycles. The summed E-state index contributed by atoms with van der Waals surface area (Å²) in [6, 6.07) is 4.29. The molecule has 0 unspecified atom stereocenters. The molecule has 0 atom stereocenters. The van der Waals surface area contributed by atoms with Crippen LogP contribution in [0.2, 0.25) is 5.02 Å². The van der Waals surface area contributed by atoms with Gasteiger partial charge < -0.3 is 10.2 Å². The second kappa shape index (κ2) is 4.50. The zero-order valence-corrected chi connectivity index (χ0v) is 9.63. The molecule has 1 aromatic carbocycles. The summed E-state index contributed by atoms with van der Waals surface area (Å²) in [5.74, 6) is -2.26. The van der Waals surface area contributed by atoms with Crippen LogP contribution < -0.4 is 0 Å². The Morgan fingerprint density at radius 2 is 1.94 bits per heavy atom. The van der Waals surface area contributed by atoms with Crippen LogP contribution in [-0.4, -0.2) is 31.9 Å². The predicted molar refractivity (Wildman–Crippen MR) is 62.5 cm³/mol. The smallest absolute Gasteiger partial charge is 0.338 e. The van der Waals surface area contributed by atoms with Gasteiger partial charge in [0.15, 0.2) is 0 Å². The van der Waals surface area contributed by atoms with Crippen molar-refractivity contribution >= 4 is 23.5 Å². The van der Waals surface area contributed by atoms with Crippen molar-refractivity contribution in [3.05, 3.63) is 46.7 Å². The summed E-state index contributed by atoms with van der Waals surface area (Å²) in [6.45, 7) is 0. The highest BCUT2D eigenvalue weighted by Gasteiger charge is 2.12. The topological polar surface area (TPSA) is 92.4 Å².